The molecule has 0 aliphatic heterocycles. The molecule has 0 aliphatic rings. The number of carbonyl (C=O) groups is 2. The second kappa shape index (κ2) is 8.52. The average molecular weight is 354 g/mol. The van der Waals surface area contributed by atoms with Crippen LogP contribution in [-0.2, 0) is 4.79 Å². The van der Waals surface area contributed by atoms with Crippen LogP contribution >= 0.6 is 0 Å². The van der Waals surface area contributed by atoms with Crippen LogP contribution in [0.3, 0.4) is 0 Å². The van der Waals surface area contributed by atoms with Crippen molar-refractivity contribution in [1.82, 2.24) is 5.32 Å². The molecular formula is C21H26N2O3. The van der Waals surface area contributed by atoms with E-state index in [2.05, 4.69) is 10.6 Å². The largest absolute Gasteiger partial charge is 0.481 e. The maximum absolute atomic E-state index is 12.6. The van der Waals surface area contributed by atoms with Gasteiger partial charge in [0.1, 0.15) is 5.75 Å². The molecule has 2 N–H and O–H groups in total. The van der Waals surface area contributed by atoms with Gasteiger partial charge in [-0.15, -0.1) is 0 Å². The van der Waals surface area contributed by atoms with Gasteiger partial charge in [0.25, 0.3) is 11.8 Å². The van der Waals surface area contributed by atoms with Crippen molar-refractivity contribution in [3.8, 4) is 5.75 Å². The molecule has 2 aromatic rings. The Morgan fingerprint density at radius 1 is 1.00 bits per heavy atom. The van der Waals surface area contributed by atoms with Gasteiger partial charge in [0, 0.05) is 5.54 Å². The molecule has 1 atom stereocenters. The van der Waals surface area contributed by atoms with E-state index in [1.807, 2.05) is 45.9 Å². The zero-order valence-electron chi connectivity index (χ0n) is 15.7. The molecule has 0 heterocycles. The number of para-hydroxylation sites is 2. The summed E-state index contributed by atoms with van der Waals surface area (Å²) in [6, 6.07) is 16.2. The van der Waals surface area contributed by atoms with Gasteiger partial charge in [0.05, 0.1) is 11.3 Å². The summed E-state index contributed by atoms with van der Waals surface area (Å²) in [6.07, 6.45) is -0.131. The van der Waals surface area contributed by atoms with Crippen LogP contribution in [0.4, 0.5) is 5.69 Å². The number of benzene rings is 2. The Morgan fingerprint density at radius 2 is 1.62 bits per heavy atom. The summed E-state index contributed by atoms with van der Waals surface area (Å²) < 4.78 is 5.77. The second-order valence-electron chi connectivity index (χ2n) is 7.07. The van der Waals surface area contributed by atoms with Gasteiger partial charge in [-0.1, -0.05) is 37.3 Å². The first-order valence-corrected chi connectivity index (χ1v) is 8.74. The van der Waals surface area contributed by atoms with Crippen LogP contribution in [0.5, 0.6) is 5.75 Å². The fraction of sp³-hybridized carbons (Fsp3) is 0.333. The Bertz CT molecular complexity index is 751. The van der Waals surface area contributed by atoms with E-state index in [1.54, 1.807) is 36.4 Å². The van der Waals surface area contributed by atoms with Gasteiger partial charge in [-0.2, -0.15) is 0 Å². The highest BCUT2D eigenvalue weighted by atomic mass is 16.5. The van der Waals surface area contributed by atoms with Crippen LogP contribution in [-0.4, -0.2) is 23.5 Å². The van der Waals surface area contributed by atoms with Gasteiger partial charge in [0.15, 0.2) is 6.10 Å². The molecule has 26 heavy (non-hydrogen) atoms. The number of anilines is 1. The number of hydrogen-bond acceptors (Lipinski definition) is 3. The summed E-state index contributed by atoms with van der Waals surface area (Å²) >= 11 is 0. The number of hydrogen-bond donors (Lipinski definition) is 2. The van der Waals surface area contributed by atoms with E-state index < -0.39 is 6.10 Å². The van der Waals surface area contributed by atoms with Crippen molar-refractivity contribution >= 4 is 17.5 Å². The Kier molecular flexibility index (Phi) is 6.39. The van der Waals surface area contributed by atoms with Gasteiger partial charge in [-0.3, -0.25) is 9.59 Å². The lowest BCUT2D eigenvalue weighted by Gasteiger charge is -2.22. The zero-order valence-corrected chi connectivity index (χ0v) is 15.7. The molecule has 0 aromatic heterocycles. The Labute approximate surface area is 154 Å². The van der Waals surface area contributed by atoms with E-state index >= 15 is 0 Å². The molecule has 2 rings (SSSR count). The van der Waals surface area contributed by atoms with Gasteiger partial charge in [-0.25, -0.2) is 0 Å². The number of amides is 2. The van der Waals surface area contributed by atoms with Gasteiger partial charge in [-0.05, 0) is 51.5 Å². The normalized spacial score (nSPS) is 12.2. The SMILES string of the molecule is CC[C@@H](Oc1ccccc1)C(=O)Nc1ccccc1C(=O)NC(C)(C)C. The maximum atomic E-state index is 12.6. The van der Waals surface area contributed by atoms with E-state index in [1.165, 1.54) is 0 Å². The van der Waals surface area contributed by atoms with E-state index in [0.717, 1.165) is 0 Å². The molecule has 0 radical (unpaired) electrons. The van der Waals surface area contributed by atoms with E-state index in [4.69, 9.17) is 4.74 Å². The third kappa shape index (κ3) is 5.62. The summed E-state index contributed by atoms with van der Waals surface area (Å²) in [4.78, 5) is 25.1. The van der Waals surface area contributed by atoms with Gasteiger partial charge in [0.2, 0.25) is 0 Å². The molecule has 0 aliphatic carbocycles. The third-order valence-corrected chi connectivity index (χ3v) is 3.60. The first-order valence-electron chi connectivity index (χ1n) is 8.74. The van der Waals surface area contributed by atoms with Crippen molar-refractivity contribution in [3.63, 3.8) is 0 Å². The molecular weight excluding hydrogens is 328 g/mol. The number of nitrogens with one attached hydrogen (secondary N) is 2. The van der Waals surface area contributed by atoms with E-state index in [0.29, 0.717) is 23.4 Å². The van der Waals surface area contributed by atoms with Crippen molar-refractivity contribution in [2.75, 3.05) is 5.32 Å². The highest BCUT2D eigenvalue weighted by Crippen LogP contribution is 2.18. The average Bonchev–Trinajstić information content (AvgIpc) is 2.59. The smallest absolute Gasteiger partial charge is 0.265 e. The summed E-state index contributed by atoms with van der Waals surface area (Å²) in [5, 5.41) is 5.73. The Balaban J connectivity index is 2.14. The minimum absolute atomic E-state index is 0.231. The lowest BCUT2D eigenvalue weighted by atomic mass is 10.1. The standard InChI is InChI=1S/C21H26N2O3/c1-5-18(26-15-11-7-6-8-12-15)20(25)22-17-14-10-9-13-16(17)19(24)23-21(2,3)4/h6-14,18H,5H2,1-4H3,(H,22,25)(H,23,24)/t18-/m1/s1. The molecule has 0 spiro atoms. The van der Waals surface area contributed by atoms with Crippen molar-refractivity contribution < 1.29 is 14.3 Å². The minimum Gasteiger partial charge on any atom is -0.481 e. The topological polar surface area (TPSA) is 67.4 Å². The summed E-state index contributed by atoms with van der Waals surface area (Å²) in [6.45, 7) is 7.61. The quantitative estimate of drug-likeness (QED) is 0.823. The highest BCUT2D eigenvalue weighted by molar-refractivity contribution is 6.04. The molecule has 2 aromatic carbocycles. The molecule has 0 bridgehead atoms. The maximum Gasteiger partial charge on any atom is 0.265 e. The molecule has 5 heteroatoms. The Hall–Kier alpha value is -2.82. The molecule has 0 saturated carbocycles. The number of rotatable bonds is 6. The predicted octanol–water partition coefficient (Wildman–Crippen LogP) is 4.01. The van der Waals surface area contributed by atoms with Crippen LogP contribution < -0.4 is 15.4 Å². The molecule has 0 fully saturated rings. The summed E-state index contributed by atoms with van der Waals surface area (Å²) in [5.74, 6) is 0.117. The molecule has 0 unspecified atom stereocenters. The van der Waals surface area contributed by atoms with Gasteiger partial charge < -0.3 is 15.4 Å². The van der Waals surface area contributed by atoms with Crippen molar-refractivity contribution in [1.29, 1.82) is 0 Å². The first-order chi connectivity index (χ1) is 12.3. The van der Waals surface area contributed by atoms with Crippen LogP contribution in [0, 0.1) is 0 Å². The monoisotopic (exact) mass is 354 g/mol. The summed E-state index contributed by atoms with van der Waals surface area (Å²) in [5.41, 5.74) is 0.524. The predicted molar refractivity (Wildman–Crippen MR) is 103 cm³/mol. The fourth-order valence-corrected chi connectivity index (χ4v) is 2.40. The highest BCUT2D eigenvalue weighted by Gasteiger charge is 2.22. The molecule has 138 valence electrons. The van der Waals surface area contributed by atoms with Crippen LogP contribution in [0.15, 0.2) is 54.6 Å². The van der Waals surface area contributed by atoms with Crippen molar-refractivity contribution in [2.45, 2.75) is 45.8 Å². The third-order valence-electron chi connectivity index (χ3n) is 3.60. The Morgan fingerprint density at radius 3 is 2.23 bits per heavy atom. The minimum atomic E-state index is -0.642. The number of carbonyl (C=O) groups excluding carboxylic acids is 2. The van der Waals surface area contributed by atoms with Crippen LogP contribution in [0.1, 0.15) is 44.5 Å². The van der Waals surface area contributed by atoms with Crippen molar-refractivity contribution in [3.05, 3.63) is 60.2 Å². The molecule has 2 amide bonds. The lowest BCUT2D eigenvalue weighted by Crippen LogP contribution is -2.41. The van der Waals surface area contributed by atoms with E-state index in [-0.39, 0.29) is 17.4 Å². The fourth-order valence-electron chi connectivity index (χ4n) is 2.40. The van der Waals surface area contributed by atoms with Crippen molar-refractivity contribution in [2.24, 2.45) is 0 Å². The number of ether oxygens (including phenoxy) is 1. The zero-order chi connectivity index (χ0) is 19.2. The van der Waals surface area contributed by atoms with Crippen LogP contribution in [0.2, 0.25) is 0 Å². The first kappa shape index (κ1) is 19.5. The van der Waals surface area contributed by atoms with Crippen LogP contribution in [0.25, 0.3) is 0 Å². The van der Waals surface area contributed by atoms with E-state index in [9.17, 15) is 9.59 Å². The second-order valence-corrected chi connectivity index (χ2v) is 7.07. The lowest BCUT2D eigenvalue weighted by molar-refractivity contribution is -0.122. The summed E-state index contributed by atoms with van der Waals surface area (Å²) in [7, 11) is 0. The molecule has 5 nitrogen and oxygen atoms in total. The molecule has 0 saturated heterocycles. The van der Waals surface area contributed by atoms with Gasteiger partial charge >= 0.3 is 0 Å².